The summed E-state index contributed by atoms with van der Waals surface area (Å²) in [5, 5.41) is 12.2. The maximum atomic E-state index is 12.1. The molecule has 80 valence electrons. The summed E-state index contributed by atoms with van der Waals surface area (Å²) in [6.07, 6.45) is -7.16. The summed E-state index contributed by atoms with van der Waals surface area (Å²) in [5.41, 5.74) is 0. The topological polar surface area (TPSA) is 59.2 Å². The summed E-state index contributed by atoms with van der Waals surface area (Å²) in [6.45, 7) is 2.66. The largest absolute Gasteiger partial charge is 0.415 e. The summed E-state index contributed by atoms with van der Waals surface area (Å²) in [5.74, 6) is -1.23. The molecule has 0 spiro atoms. The quantitative estimate of drug-likeness (QED) is 0.801. The number of nitrogens with zero attached hydrogens (tertiary/aromatic N) is 2. The highest BCUT2D eigenvalue weighted by Crippen LogP contribution is 2.30. The number of aliphatic hydroxyl groups excluding tert-OH is 1. The minimum absolute atomic E-state index is 0.215. The number of aryl methyl sites for hydroxylation is 1. The Morgan fingerprint density at radius 3 is 2.36 bits per heavy atom. The number of alkyl halides is 3. The molecular weight excluding hydrogens is 201 g/mol. The fourth-order valence-corrected chi connectivity index (χ4v) is 0.917. The van der Waals surface area contributed by atoms with Crippen molar-refractivity contribution < 1.29 is 22.8 Å². The predicted octanol–water partition coefficient (Wildman–Crippen LogP) is 1.40. The van der Waals surface area contributed by atoms with Crippen LogP contribution in [-0.4, -0.2) is 27.5 Å². The van der Waals surface area contributed by atoms with E-state index in [1.807, 2.05) is 0 Å². The van der Waals surface area contributed by atoms with Crippen molar-refractivity contribution in [3.63, 3.8) is 0 Å². The molecule has 1 rings (SSSR count). The molecule has 0 aliphatic rings. The third kappa shape index (κ3) is 2.22. The SMILES string of the molecule is Cc1noc(C(C)C(O)C(F)(F)F)n1. The minimum atomic E-state index is -4.68. The second kappa shape index (κ2) is 3.56. The first-order chi connectivity index (χ1) is 6.32. The number of halogens is 3. The second-order valence-corrected chi connectivity index (χ2v) is 2.95. The fourth-order valence-electron chi connectivity index (χ4n) is 0.917. The molecule has 0 amide bonds. The van der Waals surface area contributed by atoms with Gasteiger partial charge in [-0.2, -0.15) is 18.2 Å². The molecule has 7 heteroatoms. The average molecular weight is 210 g/mol. The van der Waals surface area contributed by atoms with Gasteiger partial charge in [-0.3, -0.25) is 0 Å². The molecule has 0 aromatic carbocycles. The highest BCUT2D eigenvalue weighted by Gasteiger charge is 2.44. The third-order valence-corrected chi connectivity index (χ3v) is 1.74. The Balaban J connectivity index is 2.80. The van der Waals surface area contributed by atoms with Crippen LogP contribution in [0.1, 0.15) is 24.6 Å². The molecule has 1 N–H and O–H groups in total. The van der Waals surface area contributed by atoms with E-state index >= 15 is 0 Å². The predicted molar refractivity (Wildman–Crippen MR) is 39.5 cm³/mol. The zero-order valence-corrected chi connectivity index (χ0v) is 7.54. The maximum Gasteiger partial charge on any atom is 0.415 e. The van der Waals surface area contributed by atoms with Gasteiger partial charge in [0, 0.05) is 0 Å². The first kappa shape index (κ1) is 11.0. The Bertz CT molecular complexity index is 310. The molecule has 2 unspecified atom stereocenters. The van der Waals surface area contributed by atoms with Crippen LogP contribution >= 0.6 is 0 Å². The van der Waals surface area contributed by atoms with Gasteiger partial charge in [0.15, 0.2) is 11.9 Å². The van der Waals surface area contributed by atoms with Crippen LogP contribution < -0.4 is 0 Å². The molecule has 0 fully saturated rings. The molecule has 0 radical (unpaired) electrons. The first-order valence-corrected chi connectivity index (χ1v) is 3.87. The normalized spacial score (nSPS) is 16.7. The van der Waals surface area contributed by atoms with E-state index in [0.717, 1.165) is 0 Å². The molecule has 14 heavy (non-hydrogen) atoms. The summed E-state index contributed by atoms with van der Waals surface area (Å²) in [7, 11) is 0. The van der Waals surface area contributed by atoms with E-state index in [4.69, 9.17) is 5.11 Å². The molecule has 0 aliphatic carbocycles. The van der Waals surface area contributed by atoms with Gasteiger partial charge in [-0.05, 0) is 6.92 Å². The zero-order valence-electron chi connectivity index (χ0n) is 7.54. The Kier molecular flexibility index (Phi) is 2.79. The van der Waals surface area contributed by atoms with E-state index in [1.165, 1.54) is 13.8 Å². The smallest absolute Gasteiger partial charge is 0.383 e. The highest BCUT2D eigenvalue weighted by molar-refractivity contribution is 4.96. The molecule has 0 aliphatic heterocycles. The molecule has 0 saturated carbocycles. The van der Waals surface area contributed by atoms with E-state index in [9.17, 15) is 13.2 Å². The van der Waals surface area contributed by atoms with Crippen LogP contribution in [0.2, 0.25) is 0 Å². The molecule has 1 heterocycles. The fraction of sp³-hybridized carbons (Fsp3) is 0.714. The van der Waals surface area contributed by atoms with Crippen LogP contribution in [0.5, 0.6) is 0 Å². The van der Waals surface area contributed by atoms with Crippen molar-refractivity contribution >= 4 is 0 Å². The van der Waals surface area contributed by atoms with Gasteiger partial charge in [-0.1, -0.05) is 12.1 Å². The van der Waals surface area contributed by atoms with Crippen LogP contribution in [-0.2, 0) is 0 Å². The molecular formula is C7H9F3N2O2. The van der Waals surface area contributed by atoms with E-state index in [2.05, 4.69) is 14.7 Å². The summed E-state index contributed by atoms with van der Waals surface area (Å²) >= 11 is 0. The van der Waals surface area contributed by atoms with Crippen molar-refractivity contribution in [2.24, 2.45) is 0 Å². The van der Waals surface area contributed by atoms with E-state index < -0.39 is 18.2 Å². The minimum Gasteiger partial charge on any atom is -0.383 e. The Morgan fingerprint density at radius 2 is 2.00 bits per heavy atom. The Hall–Kier alpha value is -1.11. The van der Waals surface area contributed by atoms with Crippen molar-refractivity contribution in [2.45, 2.75) is 32.0 Å². The van der Waals surface area contributed by atoms with Gasteiger partial charge in [0.2, 0.25) is 5.89 Å². The van der Waals surface area contributed by atoms with Crippen LogP contribution in [0, 0.1) is 6.92 Å². The standard InChI is InChI=1S/C7H9F3N2O2/c1-3(5(13)7(8,9)10)6-11-4(2)12-14-6/h3,5,13H,1-2H3. The van der Waals surface area contributed by atoms with Gasteiger partial charge in [-0.15, -0.1) is 0 Å². The molecule has 2 atom stereocenters. The van der Waals surface area contributed by atoms with Crippen molar-refractivity contribution in [3.05, 3.63) is 11.7 Å². The first-order valence-electron chi connectivity index (χ1n) is 3.87. The van der Waals surface area contributed by atoms with Gasteiger partial charge in [0.1, 0.15) is 0 Å². The second-order valence-electron chi connectivity index (χ2n) is 2.95. The van der Waals surface area contributed by atoms with Crippen molar-refractivity contribution in [1.82, 2.24) is 10.1 Å². The lowest BCUT2D eigenvalue weighted by atomic mass is 10.1. The lowest BCUT2D eigenvalue weighted by molar-refractivity contribution is -0.210. The maximum absolute atomic E-state index is 12.1. The molecule has 4 nitrogen and oxygen atoms in total. The molecule has 1 aromatic rings. The number of hydrogen-bond donors (Lipinski definition) is 1. The van der Waals surface area contributed by atoms with Gasteiger partial charge >= 0.3 is 6.18 Å². The Morgan fingerprint density at radius 1 is 1.43 bits per heavy atom. The van der Waals surface area contributed by atoms with Crippen LogP contribution in [0.4, 0.5) is 13.2 Å². The van der Waals surface area contributed by atoms with Crippen LogP contribution in [0.15, 0.2) is 4.52 Å². The van der Waals surface area contributed by atoms with Crippen LogP contribution in [0.3, 0.4) is 0 Å². The third-order valence-electron chi connectivity index (χ3n) is 1.74. The lowest BCUT2D eigenvalue weighted by Crippen LogP contribution is -2.33. The van der Waals surface area contributed by atoms with Crippen LogP contribution in [0.25, 0.3) is 0 Å². The number of aliphatic hydroxyl groups is 1. The van der Waals surface area contributed by atoms with E-state index in [-0.39, 0.29) is 11.7 Å². The molecule has 0 bridgehead atoms. The van der Waals surface area contributed by atoms with Gasteiger partial charge in [0.05, 0.1) is 5.92 Å². The highest BCUT2D eigenvalue weighted by atomic mass is 19.4. The summed E-state index contributed by atoms with van der Waals surface area (Å²) < 4.78 is 40.7. The summed E-state index contributed by atoms with van der Waals surface area (Å²) in [4.78, 5) is 3.61. The number of rotatable bonds is 2. The Labute approximate surface area is 77.7 Å². The zero-order chi connectivity index (χ0) is 10.9. The molecule has 0 saturated heterocycles. The monoisotopic (exact) mass is 210 g/mol. The molecule has 1 aromatic heterocycles. The van der Waals surface area contributed by atoms with Crippen molar-refractivity contribution in [2.75, 3.05) is 0 Å². The van der Waals surface area contributed by atoms with E-state index in [0.29, 0.717) is 0 Å². The number of aromatic nitrogens is 2. The summed E-state index contributed by atoms with van der Waals surface area (Å²) in [6, 6.07) is 0. The number of hydrogen-bond acceptors (Lipinski definition) is 4. The average Bonchev–Trinajstić information content (AvgIpc) is 2.47. The lowest BCUT2D eigenvalue weighted by Gasteiger charge is -2.17. The van der Waals surface area contributed by atoms with Gasteiger partial charge < -0.3 is 9.63 Å². The van der Waals surface area contributed by atoms with Gasteiger partial charge in [-0.25, -0.2) is 0 Å². The van der Waals surface area contributed by atoms with Crippen molar-refractivity contribution in [3.8, 4) is 0 Å². The van der Waals surface area contributed by atoms with E-state index in [1.54, 1.807) is 0 Å². The van der Waals surface area contributed by atoms with Gasteiger partial charge in [0.25, 0.3) is 0 Å². The van der Waals surface area contributed by atoms with Crippen molar-refractivity contribution in [1.29, 1.82) is 0 Å².